The van der Waals surface area contributed by atoms with E-state index in [4.69, 9.17) is 4.74 Å². The van der Waals surface area contributed by atoms with Crippen molar-refractivity contribution in [2.45, 2.75) is 25.0 Å². The lowest BCUT2D eigenvalue weighted by Crippen LogP contribution is -2.33. The maximum absolute atomic E-state index is 12.4. The molecule has 1 amide bonds. The SMILES string of the molecule is O=C(/C=C/c1cccs1)O[C@@H](C(=O)NC1CC1)c1ccccc1. The third-order valence-corrected chi connectivity index (χ3v) is 4.26. The maximum atomic E-state index is 12.4. The predicted molar refractivity (Wildman–Crippen MR) is 89.8 cm³/mol. The largest absolute Gasteiger partial charge is 0.444 e. The summed E-state index contributed by atoms with van der Waals surface area (Å²) in [5.41, 5.74) is 0.670. The summed E-state index contributed by atoms with van der Waals surface area (Å²) in [7, 11) is 0. The zero-order valence-electron chi connectivity index (χ0n) is 12.5. The van der Waals surface area contributed by atoms with Gasteiger partial charge in [-0.15, -0.1) is 11.3 Å². The van der Waals surface area contributed by atoms with Gasteiger partial charge in [-0.25, -0.2) is 4.79 Å². The van der Waals surface area contributed by atoms with Crippen LogP contribution in [-0.2, 0) is 14.3 Å². The first-order chi connectivity index (χ1) is 11.2. The summed E-state index contributed by atoms with van der Waals surface area (Å²) in [5, 5.41) is 4.82. The molecule has 118 valence electrons. The molecule has 0 radical (unpaired) electrons. The Labute approximate surface area is 138 Å². The highest BCUT2D eigenvalue weighted by molar-refractivity contribution is 7.10. The monoisotopic (exact) mass is 327 g/mol. The standard InChI is InChI=1S/C18H17NO3S/c20-16(11-10-15-7-4-12-23-15)22-17(13-5-2-1-3-6-13)18(21)19-14-8-9-14/h1-7,10-12,14,17H,8-9H2,(H,19,21)/b11-10+/t17-/m1/s1. The van der Waals surface area contributed by atoms with Crippen LogP contribution in [0.5, 0.6) is 0 Å². The highest BCUT2D eigenvalue weighted by atomic mass is 32.1. The number of hydrogen-bond acceptors (Lipinski definition) is 4. The van der Waals surface area contributed by atoms with Gasteiger partial charge in [-0.05, 0) is 30.4 Å². The molecule has 0 bridgehead atoms. The van der Waals surface area contributed by atoms with Gasteiger partial charge >= 0.3 is 5.97 Å². The topological polar surface area (TPSA) is 55.4 Å². The van der Waals surface area contributed by atoms with E-state index in [0.29, 0.717) is 5.56 Å². The minimum absolute atomic E-state index is 0.217. The molecular weight excluding hydrogens is 310 g/mol. The third-order valence-electron chi connectivity index (χ3n) is 3.43. The van der Waals surface area contributed by atoms with Gasteiger partial charge in [-0.3, -0.25) is 4.79 Å². The van der Waals surface area contributed by atoms with Crippen molar-refractivity contribution >= 4 is 29.3 Å². The molecule has 0 unspecified atom stereocenters. The third kappa shape index (κ3) is 4.53. The molecule has 4 nitrogen and oxygen atoms in total. The Balaban J connectivity index is 1.69. The van der Waals surface area contributed by atoms with E-state index in [1.54, 1.807) is 18.2 Å². The quantitative estimate of drug-likeness (QED) is 0.654. The zero-order chi connectivity index (χ0) is 16.1. The van der Waals surface area contributed by atoms with Crippen molar-refractivity contribution in [2.75, 3.05) is 0 Å². The van der Waals surface area contributed by atoms with Crippen LogP contribution in [0.15, 0.2) is 53.9 Å². The number of ether oxygens (including phenoxy) is 1. The van der Waals surface area contributed by atoms with Gasteiger partial charge in [0.15, 0.2) is 0 Å². The summed E-state index contributed by atoms with van der Waals surface area (Å²) in [6, 6.07) is 13.1. The molecule has 1 fully saturated rings. The molecule has 1 aromatic heterocycles. The minimum Gasteiger partial charge on any atom is -0.444 e. The summed E-state index contributed by atoms with van der Waals surface area (Å²) in [4.78, 5) is 25.4. The van der Waals surface area contributed by atoms with Crippen LogP contribution in [0.25, 0.3) is 6.08 Å². The van der Waals surface area contributed by atoms with Gasteiger partial charge in [0.25, 0.3) is 5.91 Å². The predicted octanol–water partition coefficient (Wildman–Crippen LogP) is 3.32. The number of hydrogen-bond donors (Lipinski definition) is 1. The van der Waals surface area contributed by atoms with Gasteiger partial charge < -0.3 is 10.1 Å². The van der Waals surface area contributed by atoms with Gasteiger partial charge in [0.1, 0.15) is 0 Å². The summed E-state index contributed by atoms with van der Waals surface area (Å²) < 4.78 is 5.39. The first-order valence-corrected chi connectivity index (χ1v) is 8.38. The molecule has 1 aliphatic carbocycles. The summed E-state index contributed by atoms with van der Waals surface area (Å²) in [6.07, 6.45) is 4.09. The number of amides is 1. The number of carbonyl (C=O) groups excluding carboxylic acids is 2. The molecule has 1 saturated carbocycles. The number of benzene rings is 1. The zero-order valence-corrected chi connectivity index (χ0v) is 13.3. The molecule has 23 heavy (non-hydrogen) atoms. The van der Waals surface area contributed by atoms with Crippen molar-refractivity contribution in [3.63, 3.8) is 0 Å². The van der Waals surface area contributed by atoms with Crippen molar-refractivity contribution in [3.8, 4) is 0 Å². The van der Waals surface area contributed by atoms with E-state index in [2.05, 4.69) is 5.32 Å². The molecule has 3 rings (SSSR count). The Bertz CT molecular complexity index is 690. The molecule has 0 spiro atoms. The van der Waals surface area contributed by atoms with Crippen LogP contribution in [0.3, 0.4) is 0 Å². The molecular formula is C18H17NO3S. The van der Waals surface area contributed by atoms with Gasteiger partial charge in [0.2, 0.25) is 6.10 Å². The fourth-order valence-corrected chi connectivity index (χ4v) is 2.72. The van der Waals surface area contributed by atoms with Crippen molar-refractivity contribution in [3.05, 3.63) is 64.4 Å². The van der Waals surface area contributed by atoms with E-state index >= 15 is 0 Å². The average molecular weight is 327 g/mol. The van der Waals surface area contributed by atoms with Gasteiger partial charge in [0, 0.05) is 22.6 Å². The maximum Gasteiger partial charge on any atom is 0.331 e. The fourth-order valence-electron chi connectivity index (χ4n) is 2.10. The van der Waals surface area contributed by atoms with E-state index in [1.165, 1.54) is 17.4 Å². The molecule has 0 aliphatic heterocycles. The van der Waals surface area contributed by atoms with Gasteiger partial charge in [-0.1, -0.05) is 36.4 Å². The van der Waals surface area contributed by atoms with E-state index in [9.17, 15) is 9.59 Å². The second-order valence-electron chi connectivity index (χ2n) is 5.36. The molecule has 1 heterocycles. The first kappa shape index (κ1) is 15.5. The number of thiophene rings is 1. The lowest BCUT2D eigenvalue weighted by atomic mass is 10.1. The van der Waals surface area contributed by atoms with Crippen LogP contribution < -0.4 is 5.32 Å². The molecule has 0 saturated heterocycles. The van der Waals surface area contributed by atoms with Crippen LogP contribution in [0, 0.1) is 0 Å². The molecule has 1 atom stereocenters. The number of carbonyl (C=O) groups is 2. The van der Waals surface area contributed by atoms with Crippen molar-refractivity contribution in [2.24, 2.45) is 0 Å². The van der Waals surface area contributed by atoms with Gasteiger partial charge in [-0.2, -0.15) is 0 Å². The normalized spacial score (nSPS) is 15.3. The van der Waals surface area contributed by atoms with Crippen LogP contribution in [0.4, 0.5) is 0 Å². The Morgan fingerprint density at radius 2 is 1.96 bits per heavy atom. The van der Waals surface area contributed by atoms with Crippen LogP contribution in [0.1, 0.15) is 29.4 Å². The molecule has 1 aromatic carbocycles. The average Bonchev–Trinajstić information content (AvgIpc) is 3.22. The van der Waals surface area contributed by atoms with Crippen molar-refractivity contribution < 1.29 is 14.3 Å². The first-order valence-electron chi connectivity index (χ1n) is 7.50. The van der Waals surface area contributed by atoms with Crippen molar-refractivity contribution in [1.29, 1.82) is 0 Å². The lowest BCUT2D eigenvalue weighted by Gasteiger charge is -2.17. The molecule has 1 aliphatic rings. The second-order valence-corrected chi connectivity index (χ2v) is 6.34. The lowest BCUT2D eigenvalue weighted by molar-refractivity contribution is -0.151. The van der Waals surface area contributed by atoms with Crippen LogP contribution >= 0.6 is 11.3 Å². The summed E-state index contributed by atoms with van der Waals surface area (Å²) >= 11 is 1.53. The Hall–Kier alpha value is -2.40. The molecule has 2 aromatic rings. The van der Waals surface area contributed by atoms with Crippen LogP contribution in [0.2, 0.25) is 0 Å². The summed E-state index contributed by atoms with van der Waals surface area (Å²) in [6.45, 7) is 0. The molecule has 5 heteroatoms. The Morgan fingerprint density at radius 3 is 2.61 bits per heavy atom. The van der Waals surface area contributed by atoms with E-state index in [-0.39, 0.29) is 11.9 Å². The van der Waals surface area contributed by atoms with E-state index in [0.717, 1.165) is 17.7 Å². The highest BCUT2D eigenvalue weighted by Gasteiger charge is 2.30. The summed E-state index contributed by atoms with van der Waals surface area (Å²) in [5.74, 6) is -0.797. The Morgan fingerprint density at radius 1 is 1.17 bits per heavy atom. The van der Waals surface area contributed by atoms with E-state index < -0.39 is 12.1 Å². The van der Waals surface area contributed by atoms with Gasteiger partial charge in [0.05, 0.1) is 0 Å². The second kappa shape index (κ2) is 7.24. The highest BCUT2D eigenvalue weighted by Crippen LogP contribution is 2.23. The van der Waals surface area contributed by atoms with Crippen LogP contribution in [-0.4, -0.2) is 17.9 Å². The number of nitrogens with one attached hydrogen (secondary N) is 1. The number of rotatable bonds is 6. The fraction of sp³-hybridized carbons (Fsp3) is 0.222. The number of esters is 1. The minimum atomic E-state index is -0.919. The van der Waals surface area contributed by atoms with E-state index in [1.807, 2.05) is 35.7 Å². The van der Waals surface area contributed by atoms with Crippen molar-refractivity contribution in [1.82, 2.24) is 5.32 Å². The smallest absolute Gasteiger partial charge is 0.331 e. The molecule has 1 N–H and O–H groups in total. The Kier molecular flexibility index (Phi) is 4.88.